The monoisotopic (exact) mass is 453 g/mol. The molecule has 0 saturated carbocycles. The van der Waals surface area contributed by atoms with Crippen LogP contribution in [0.2, 0.25) is 0 Å². The largest absolute Gasteiger partial charge is 0.374 e. The molecule has 25 heavy (non-hydrogen) atoms. The van der Waals surface area contributed by atoms with Crippen molar-refractivity contribution in [3.05, 3.63) is 71.8 Å². The van der Waals surface area contributed by atoms with Gasteiger partial charge in [-0.05, 0) is 30.9 Å². The van der Waals surface area contributed by atoms with E-state index in [1.807, 2.05) is 36.4 Å². The first-order valence-electron chi connectivity index (χ1n) is 8.50. The molecule has 0 spiro atoms. The summed E-state index contributed by atoms with van der Waals surface area (Å²) in [6.45, 7) is 4.21. The average Bonchev–Trinajstić information content (AvgIpc) is 2.63. The van der Waals surface area contributed by atoms with Crippen LogP contribution in [0, 0.1) is 0 Å². The predicted octanol–water partition coefficient (Wildman–Crippen LogP) is 3.92. The van der Waals surface area contributed by atoms with Crippen molar-refractivity contribution in [2.24, 2.45) is 10.7 Å². The van der Waals surface area contributed by atoms with E-state index in [0.717, 1.165) is 19.4 Å². The lowest BCUT2D eigenvalue weighted by Crippen LogP contribution is -2.33. The zero-order chi connectivity index (χ0) is 17.0. The van der Waals surface area contributed by atoms with Crippen LogP contribution in [0.4, 0.5) is 0 Å². The summed E-state index contributed by atoms with van der Waals surface area (Å²) in [6, 6.07) is 20.6. The van der Waals surface area contributed by atoms with Crippen LogP contribution in [0.5, 0.6) is 0 Å². The van der Waals surface area contributed by atoms with Crippen molar-refractivity contribution in [1.29, 1.82) is 0 Å². The number of hydrogen-bond donors (Lipinski definition) is 2. The topological polar surface area (TPSA) is 59.6 Å². The number of nitrogens with one attached hydrogen (secondary N) is 1. The third-order valence-electron chi connectivity index (χ3n) is 3.78. The number of aliphatic imine (C=N–C) groups is 1. The van der Waals surface area contributed by atoms with Crippen molar-refractivity contribution in [3.8, 4) is 0 Å². The minimum Gasteiger partial charge on any atom is -0.374 e. The Bertz CT molecular complexity index is 605. The van der Waals surface area contributed by atoms with Crippen molar-refractivity contribution in [1.82, 2.24) is 5.32 Å². The second kappa shape index (κ2) is 12.7. The third-order valence-corrected chi connectivity index (χ3v) is 3.78. The predicted molar refractivity (Wildman–Crippen MR) is 115 cm³/mol. The standard InChI is InChI=1S/C20H27N3O.HI/c1-17(19-11-6-3-7-12-19)24-16-8-14-22-20(21)23-15-13-18-9-4-2-5-10-18;/h2-7,9-12,17H,8,13-16H2,1H3,(H3,21,22,23);1H. The van der Waals surface area contributed by atoms with E-state index < -0.39 is 0 Å². The van der Waals surface area contributed by atoms with Gasteiger partial charge in [-0.1, -0.05) is 60.7 Å². The fourth-order valence-corrected chi connectivity index (χ4v) is 2.38. The SMILES string of the molecule is CC(OCCCN=C(N)NCCc1ccccc1)c1ccccc1.I. The van der Waals surface area contributed by atoms with Gasteiger partial charge in [0.2, 0.25) is 0 Å². The van der Waals surface area contributed by atoms with Gasteiger partial charge in [0.25, 0.3) is 0 Å². The Morgan fingerprint density at radius 2 is 1.72 bits per heavy atom. The minimum atomic E-state index is 0. The highest BCUT2D eigenvalue weighted by Crippen LogP contribution is 2.15. The molecule has 2 rings (SSSR count). The Labute approximate surface area is 167 Å². The van der Waals surface area contributed by atoms with Gasteiger partial charge in [-0.3, -0.25) is 4.99 Å². The molecule has 4 nitrogen and oxygen atoms in total. The van der Waals surface area contributed by atoms with E-state index in [1.54, 1.807) is 0 Å². The summed E-state index contributed by atoms with van der Waals surface area (Å²) in [5, 5.41) is 3.14. The molecular formula is C20H28IN3O. The van der Waals surface area contributed by atoms with Gasteiger partial charge in [0.1, 0.15) is 0 Å². The lowest BCUT2D eigenvalue weighted by atomic mass is 10.1. The maximum atomic E-state index is 5.87. The van der Waals surface area contributed by atoms with Gasteiger partial charge in [0.15, 0.2) is 5.96 Å². The van der Waals surface area contributed by atoms with Crippen LogP contribution in [0.15, 0.2) is 65.7 Å². The number of nitrogens with two attached hydrogens (primary N) is 1. The van der Waals surface area contributed by atoms with Crippen molar-refractivity contribution in [2.45, 2.75) is 25.9 Å². The van der Waals surface area contributed by atoms with Crippen LogP contribution >= 0.6 is 24.0 Å². The van der Waals surface area contributed by atoms with E-state index in [-0.39, 0.29) is 30.1 Å². The molecule has 2 aromatic carbocycles. The minimum absolute atomic E-state index is 0. The van der Waals surface area contributed by atoms with E-state index in [0.29, 0.717) is 19.1 Å². The number of nitrogens with zero attached hydrogens (tertiary/aromatic N) is 1. The Hall–Kier alpha value is -1.60. The molecule has 3 N–H and O–H groups in total. The van der Waals surface area contributed by atoms with Gasteiger partial charge in [-0.15, -0.1) is 24.0 Å². The van der Waals surface area contributed by atoms with Gasteiger partial charge in [-0.2, -0.15) is 0 Å². The van der Waals surface area contributed by atoms with Crippen molar-refractivity contribution in [2.75, 3.05) is 19.7 Å². The van der Waals surface area contributed by atoms with Gasteiger partial charge < -0.3 is 15.8 Å². The normalized spacial score (nSPS) is 12.3. The molecule has 0 aliphatic carbocycles. The number of rotatable bonds is 9. The van der Waals surface area contributed by atoms with E-state index in [9.17, 15) is 0 Å². The highest BCUT2D eigenvalue weighted by atomic mass is 127. The molecule has 1 atom stereocenters. The Kier molecular flexibility index (Phi) is 10.9. The second-order valence-electron chi connectivity index (χ2n) is 5.71. The van der Waals surface area contributed by atoms with E-state index >= 15 is 0 Å². The maximum absolute atomic E-state index is 5.87. The van der Waals surface area contributed by atoms with Crippen molar-refractivity contribution in [3.63, 3.8) is 0 Å². The first-order chi connectivity index (χ1) is 11.8. The highest BCUT2D eigenvalue weighted by Gasteiger charge is 2.03. The molecule has 0 radical (unpaired) electrons. The van der Waals surface area contributed by atoms with Crippen LogP contribution in [-0.2, 0) is 11.2 Å². The second-order valence-corrected chi connectivity index (χ2v) is 5.71. The summed E-state index contributed by atoms with van der Waals surface area (Å²) in [7, 11) is 0. The molecule has 0 aliphatic rings. The molecule has 0 fully saturated rings. The Morgan fingerprint density at radius 1 is 1.08 bits per heavy atom. The van der Waals surface area contributed by atoms with Crippen LogP contribution in [0.1, 0.15) is 30.6 Å². The lowest BCUT2D eigenvalue weighted by Gasteiger charge is -2.12. The molecule has 0 aromatic heterocycles. The smallest absolute Gasteiger partial charge is 0.188 e. The van der Waals surface area contributed by atoms with Crippen LogP contribution in [0.3, 0.4) is 0 Å². The van der Waals surface area contributed by atoms with Gasteiger partial charge in [0.05, 0.1) is 6.10 Å². The summed E-state index contributed by atoms with van der Waals surface area (Å²) in [5.74, 6) is 0.502. The average molecular weight is 453 g/mol. The fraction of sp³-hybridized carbons (Fsp3) is 0.350. The number of benzene rings is 2. The van der Waals surface area contributed by atoms with Gasteiger partial charge in [0, 0.05) is 19.7 Å². The number of halogens is 1. The number of ether oxygens (including phenoxy) is 1. The van der Waals surface area contributed by atoms with Crippen molar-refractivity contribution < 1.29 is 4.74 Å². The Morgan fingerprint density at radius 3 is 2.40 bits per heavy atom. The number of hydrogen-bond acceptors (Lipinski definition) is 2. The third kappa shape index (κ3) is 8.88. The molecular weight excluding hydrogens is 425 g/mol. The molecule has 0 aliphatic heterocycles. The first kappa shape index (κ1) is 21.4. The van der Waals surface area contributed by atoms with Crippen LogP contribution in [0.25, 0.3) is 0 Å². The first-order valence-corrected chi connectivity index (χ1v) is 8.50. The molecule has 0 bridgehead atoms. The summed E-state index contributed by atoms with van der Waals surface area (Å²) >= 11 is 0. The molecule has 136 valence electrons. The molecule has 1 unspecified atom stereocenters. The van der Waals surface area contributed by atoms with E-state index in [2.05, 4.69) is 41.5 Å². The van der Waals surface area contributed by atoms with E-state index in [1.165, 1.54) is 11.1 Å². The van der Waals surface area contributed by atoms with Crippen molar-refractivity contribution >= 4 is 29.9 Å². The highest BCUT2D eigenvalue weighted by molar-refractivity contribution is 14.0. The summed E-state index contributed by atoms with van der Waals surface area (Å²) in [6.07, 6.45) is 1.91. The maximum Gasteiger partial charge on any atom is 0.188 e. The van der Waals surface area contributed by atoms with E-state index in [4.69, 9.17) is 10.5 Å². The molecule has 0 saturated heterocycles. The number of guanidine groups is 1. The fourth-order valence-electron chi connectivity index (χ4n) is 2.38. The Balaban J connectivity index is 0.00000312. The molecule has 0 amide bonds. The summed E-state index contributed by atoms with van der Waals surface area (Å²) < 4.78 is 5.82. The van der Waals surface area contributed by atoms with Gasteiger partial charge >= 0.3 is 0 Å². The summed E-state index contributed by atoms with van der Waals surface area (Å²) in [5.41, 5.74) is 8.36. The molecule has 2 aromatic rings. The quantitative estimate of drug-likeness (QED) is 0.262. The van der Waals surface area contributed by atoms with Gasteiger partial charge in [-0.25, -0.2) is 0 Å². The molecule has 5 heteroatoms. The zero-order valence-electron chi connectivity index (χ0n) is 14.7. The van der Waals surface area contributed by atoms with Crippen LogP contribution < -0.4 is 11.1 Å². The molecule has 0 heterocycles. The summed E-state index contributed by atoms with van der Waals surface area (Å²) in [4.78, 5) is 4.33. The lowest BCUT2D eigenvalue weighted by molar-refractivity contribution is 0.0652. The van der Waals surface area contributed by atoms with Crippen LogP contribution in [-0.4, -0.2) is 25.7 Å². The zero-order valence-corrected chi connectivity index (χ0v) is 17.1.